The van der Waals surface area contributed by atoms with Gasteiger partial charge in [0, 0.05) is 17.1 Å². The van der Waals surface area contributed by atoms with E-state index in [4.69, 9.17) is 5.73 Å². The van der Waals surface area contributed by atoms with Crippen LogP contribution < -0.4 is 5.73 Å². The number of H-pyrrole nitrogens is 1. The van der Waals surface area contributed by atoms with Gasteiger partial charge < -0.3 is 15.8 Å². The highest BCUT2D eigenvalue weighted by atomic mass is 16.3. The summed E-state index contributed by atoms with van der Waals surface area (Å²) >= 11 is 0. The molecule has 0 amide bonds. The molecule has 0 saturated heterocycles. The number of aromatic amines is 1. The van der Waals surface area contributed by atoms with Gasteiger partial charge in [-0.15, -0.1) is 0 Å². The molecule has 1 aromatic heterocycles. The van der Waals surface area contributed by atoms with Crippen molar-refractivity contribution in [3.05, 3.63) is 36.0 Å². The van der Waals surface area contributed by atoms with E-state index in [1.165, 1.54) is 6.42 Å². The molecule has 3 heteroatoms. The first-order valence-electron chi connectivity index (χ1n) is 6.27. The predicted octanol–water partition coefficient (Wildman–Crippen LogP) is 2.33. The average Bonchev–Trinajstić information content (AvgIpc) is 2.73. The van der Waals surface area contributed by atoms with Gasteiger partial charge in [0.05, 0.1) is 12.1 Å². The highest BCUT2D eigenvalue weighted by Crippen LogP contribution is 2.35. The molecule has 1 fully saturated rings. The quantitative estimate of drug-likeness (QED) is 0.757. The van der Waals surface area contributed by atoms with Gasteiger partial charge in [0.1, 0.15) is 0 Å². The maximum Gasteiger partial charge on any atom is 0.0761 e. The number of aliphatic hydroxyl groups is 1. The van der Waals surface area contributed by atoms with Crippen molar-refractivity contribution in [3.63, 3.8) is 0 Å². The third-order valence-corrected chi connectivity index (χ3v) is 3.99. The van der Waals surface area contributed by atoms with Crippen LogP contribution in [0.1, 0.15) is 30.9 Å². The molecule has 0 unspecified atom stereocenters. The van der Waals surface area contributed by atoms with Crippen molar-refractivity contribution in [3.8, 4) is 0 Å². The van der Waals surface area contributed by atoms with Crippen molar-refractivity contribution >= 4 is 10.9 Å². The molecule has 0 bridgehead atoms. The van der Waals surface area contributed by atoms with Gasteiger partial charge >= 0.3 is 0 Å². The lowest BCUT2D eigenvalue weighted by Gasteiger charge is -2.34. The number of benzene rings is 1. The van der Waals surface area contributed by atoms with Gasteiger partial charge in [-0.2, -0.15) is 0 Å². The molecule has 1 aliphatic carbocycles. The number of rotatable bonds is 3. The largest absolute Gasteiger partial charge is 0.391 e. The number of fused-ring (bicyclic) bond motifs is 1. The Balaban J connectivity index is 1.94. The standard InChI is InChI=1S/C14H18N2O/c15-13(14(17)9-3-1-4-9)11-5-2-6-12-10(11)7-8-16-12/h2,5-9,13-14,16-17H,1,3-4,15H2/t13-,14+/m1/s1. The van der Waals surface area contributed by atoms with E-state index in [0.717, 1.165) is 29.3 Å². The minimum Gasteiger partial charge on any atom is -0.391 e. The van der Waals surface area contributed by atoms with Crippen LogP contribution in [0.2, 0.25) is 0 Å². The fourth-order valence-corrected chi connectivity index (χ4v) is 2.66. The van der Waals surface area contributed by atoms with Gasteiger partial charge in [0.15, 0.2) is 0 Å². The zero-order chi connectivity index (χ0) is 11.8. The van der Waals surface area contributed by atoms with Crippen molar-refractivity contribution in [2.24, 2.45) is 11.7 Å². The van der Waals surface area contributed by atoms with Crippen molar-refractivity contribution in [1.82, 2.24) is 4.98 Å². The van der Waals surface area contributed by atoms with Crippen LogP contribution in [-0.2, 0) is 0 Å². The SMILES string of the molecule is N[C@H](c1cccc2[nH]ccc12)[C@@H](O)C1CCC1. The molecule has 0 aliphatic heterocycles. The van der Waals surface area contributed by atoms with Crippen LogP contribution in [0, 0.1) is 5.92 Å². The Morgan fingerprint density at radius 2 is 2.12 bits per heavy atom. The van der Waals surface area contributed by atoms with Gasteiger partial charge in [0.2, 0.25) is 0 Å². The Hall–Kier alpha value is -1.32. The van der Waals surface area contributed by atoms with E-state index in [1.807, 2.05) is 30.5 Å². The van der Waals surface area contributed by atoms with Crippen molar-refractivity contribution < 1.29 is 5.11 Å². The summed E-state index contributed by atoms with van der Waals surface area (Å²) in [6, 6.07) is 7.78. The lowest BCUT2D eigenvalue weighted by atomic mass is 9.77. The Kier molecular flexibility index (Phi) is 2.65. The van der Waals surface area contributed by atoms with Crippen LogP contribution in [0.15, 0.2) is 30.5 Å². The summed E-state index contributed by atoms with van der Waals surface area (Å²) < 4.78 is 0. The minimum absolute atomic E-state index is 0.278. The molecular formula is C14H18N2O. The molecule has 1 aromatic carbocycles. The van der Waals surface area contributed by atoms with E-state index in [-0.39, 0.29) is 6.04 Å². The zero-order valence-electron chi connectivity index (χ0n) is 9.76. The smallest absolute Gasteiger partial charge is 0.0761 e. The summed E-state index contributed by atoms with van der Waals surface area (Å²) in [6.45, 7) is 0. The summed E-state index contributed by atoms with van der Waals surface area (Å²) in [5, 5.41) is 11.4. The molecule has 2 atom stereocenters. The number of aromatic nitrogens is 1. The molecule has 3 nitrogen and oxygen atoms in total. The molecular weight excluding hydrogens is 212 g/mol. The summed E-state index contributed by atoms with van der Waals surface area (Å²) in [5.41, 5.74) is 8.34. The first kappa shape index (κ1) is 10.8. The second-order valence-corrected chi connectivity index (χ2v) is 4.99. The van der Waals surface area contributed by atoms with Crippen LogP contribution in [-0.4, -0.2) is 16.2 Å². The van der Waals surface area contributed by atoms with Gasteiger partial charge in [-0.1, -0.05) is 18.6 Å². The molecule has 2 aromatic rings. The Morgan fingerprint density at radius 3 is 2.82 bits per heavy atom. The number of nitrogens with one attached hydrogen (secondary N) is 1. The lowest BCUT2D eigenvalue weighted by Crippen LogP contribution is -2.36. The molecule has 90 valence electrons. The van der Waals surface area contributed by atoms with E-state index < -0.39 is 6.10 Å². The summed E-state index contributed by atoms with van der Waals surface area (Å²) in [4.78, 5) is 3.17. The second kappa shape index (κ2) is 4.17. The Labute approximate surface area is 101 Å². The first-order chi connectivity index (χ1) is 8.27. The van der Waals surface area contributed by atoms with E-state index in [1.54, 1.807) is 0 Å². The molecule has 1 heterocycles. The average molecular weight is 230 g/mol. The number of hydrogen-bond donors (Lipinski definition) is 3. The van der Waals surface area contributed by atoms with Gasteiger partial charge in [0.25, 0.3) is 0 Å². The third-order valence-electron chi connectivity index (χ3n) is 3.99. The predicted molar refractivity (Wildman–Crippen MR) is 68.6 cm³/mol. The molecule has 4 N–H and O–H groups in total. The van der Waals surface area contributed by atoms with Crippen LogP contribution >= 0.6 is 0 Å². The van der Waals surface area contributed by atoms with Crippen LogP contribution in [0.5, 0.6) is 0 Å². The van der Waals surface area contributed by atoms with Crippen molar-refractivity contribution in [1.29, 1.82) is 0 Å². The van der Waals surface area contributed by atoms with Gasteiger partial charge in [-0.05, 0) is 36.5 Å². The van der Waals surface area contributed by atoms with E-state index in [0.29, 0.717) is 5.92 Å². The molecule has 1 aliphatic rings. The topological polar surface area (TPSA) is 62.0 Å². The Bertz CT molecular complexity index is 516. The van der Waals surface area contributed by atoms with Crippen LogP contribution in [0.4, 0.5) is 0 Å². The number of nitrogens with two attached hydrogens (primary N) is 1. The molecule has 1 saturated carbocycles. The zero-order valence-corrected chi connectivity index (χ0v) is 9.76. The highest BCUT2D eigenvalue weighted by Gasteiger charge is 2.31. The van der Waals surface area contributed by atoms with E-state index in [9.17, 15) is 5.11 Å². The monoisotopic (exact) mass is 230 g/mol. The maximum absolute atomic E-state index is 10.3. The summed E-state index contributed by atoms with van der Waals surface area (Å²) in [5.74, 6) is 0.388. The van der Waals surface area contributed by atoms with Crippen molar-refractivity contribution in [2.75, 3.05) is 0 Å². The summed E-state index contributed by atoms with van der Waals surface area (Å²) in [6.07, 6.45) is 4.94. The second-order valence-electron chi connectivity index (χ2n) is 4.99. The summed E-state index contributed by atoms with van der Waals surface area (Å²) in [7, 11) is 0. The fourth-order valence-electron chi connectivity index (χ4n) is 2.66. The van der Waals surface area contributed by atoms with Crippen molar-refractivity contribution in [2.45, 2.75) is 31.4 Å². The number of aliphatic hydroxyl groups excluding tert-OH is 1. The lowest BCUT2D eigenvalue weighted by molar-refractivity contribution is 0.0417. The Morgan fingerprint density at radius 1 is 1.29 bits per heavy atom. The van der Waals surface area contributed by atoms with Gasteiger partial charge in [-0.25, -0.2) is 0 Å². The first-order valence-corrected chi connectivity index (χ1v) is 6.27. The normalized spacial score (nSPS) is 20.1. The highest BCUT2D eigenvalue weighted by molar-refractivity contribution is 5.83. The molecule has 0 radical (unpaired) electrons. The van der Waals surface area contributed by atoms with E-state index in [2.05, 4.69) is 4.98 Å². The minimum atomic E-state index is -0.413. The maximum atomic E-state index is 10.3. The van der Waals surface area contributed by atoms with Crippen LogP contribution in [0.25, 0.3) is 10.9 Å². The third kappa shape index (κ3) is 1.75. The fraction of sp³-hybridized carbons (Fsp3) is 0.429. The van der Waals surface area contributed by atoms with E-state index >= 15 is 0 Å². The molecule has 3 rings (SSSR count). The molecule has 17 heavy (non-hydrogen) atoms. The van der Waals surface area contributed by atoms with Gasteiger partial charge in [-0.3, -0.25) is 0 Å². The van der Waals surface area contributed by atoms with Crippen LogP contribution in [0.3, 0.4) is 0 Å². The number of hydrogen-bond acceptors (Lipinski definition) is 2. The molecule has 0 spiro atoms.